The van der Waals surface area contributed by atoms with Gasteiger partial charge in [-0.1, -0.05) is 12.1 Å². The molecule has 1 aromatic carbocycles. The van der Waals surface area contributed by atoms with Crippen LogP contribution in [-0.4, -0.2) is 17.4 Å². The summed E-state index contributed by atoms with van der Waals surface area (Å²) in [6.45, 7) is 0.449. The lowest BCUT2D eigenvalue weighted by molar-refractivity contribution is -0.387. The molecule has 0 amide bonds. The second-order valence-electron chi connectivity index (χ2n) is 3.20. The Hall–Kier alpha value is -1.60. The van der Waals surface area contributed by atoms with E-state index in [-0.39, 0.29) is 12.1 Å². The Morgan fingerprint density at radius 3 is 2.76 bits per heavy atom. The van der Waals surface area contributed by atoms with Gasteiger partial charge < -0.3 is 9.90 Å². The zero-order chi connectivity index (χ0) is 12.7. The lowest BCUT2D eigenvalue weighted by atomic mass is 10.3. The molecule has 0 aromatic heterocycles. The van der Waals surface area contributed by atoms with Crippen LogP contribution < -0.4 is 9.83 Å². The summed E-state index contributed by atoms with van der Waals surface area (Å²) in [6, 6.07) is 6.36. The van der Waals surface area contributed by atoms with Crippen LogP contribution in [0.2, 0.25) is 0 Å². The third-order valence-electron chi connectivity index (χ3n) is 1.90. The standard InChI is InChI=1S/C10H12N2O4S/c13-10(14)6-3-7-11-17-9-5-2-1-4-8(9)12(15)16/h1-2,4-5,11H,3,6-7H2,(H,13,14)/p-1. The molecule has 0 fully saturated rings. The van der Waals surface area contributed by atoms with E-state index in [1.54, 1.807) is 18.2 Å². The second-order valence-corrected chi connectivity index (χ2v) is 4.13. The number of nitrogens with one attached hydrogen (secondary N) is 1. The van der Waals surface area contributed by atoms with Crippen molar-refractivity contribution in [2.45, 2.75) is 17.7 Å². The van der Waals surface area contributed by atoms with Crippen molar-refractivity contribution in [2.75, 3.05) is 6.54 Å². The summed E-state index contributed by atoms with van der Waals surface area (Å²) in [5, 5.41) is 20.8. The van der Waals surface area contributed by atoms with Crippen LogP contribution in [0.3, 0.4) is 0 Å². The summed E-state index contributed by atoms with van der Waals surface area (Å²) < 4.78 is 2.87. The first kappa shape index (κ1) is 13.5. The van der Waals surface area contributed by atoms with Crippen molar-refractivity contribution in [3.63, 3.8) is 0 Å². The lowest BCUT2D eigenvalue weighted by Gasteiger charge is -2.05. The van der Waals surface area contributed by atoms with Gasteiger partial charge in [0.05, 0.1) is 4.92 Å². The molecule has 1 rings (SSSR count). The largest absolute Gasteiger partial charge is 0.550 e. The van der Waals surface area contributed by atoms with Crippen LogP contribution in [0.25, 0.3) is 0 Å². The van der Waals surface area contributed by atoms with Crippen LogP contribution in [0.4, 0.5) is 5.69 Å². The van der Waals surface area contributed by atoms with Crippen LogP contribution in [-0.2, 0) is 4.79 Å². The van der Waals surface area contributed by atoms with E-state index < -0.39 is 10.9 Å². The molecule has 0 radical (unpaired) electrons. The highest BCUT2D eigenvalue weighted by molar-refractivity contribution is 7.97. The van der Waals surface area contributed by atoms with E-state index in [4.69, 9.17) is 0 Å². The molecule has 0 aliphatic heterocycles. The number of carbonyl (C=O) groups is 1. The van der Waals surface area contributed by atoms with Crippen molar-refractivity contribution >= 4 is 23.6 Å². The van der Waals surface area contributed by atoms with E-state index in [1.807, 2.05) is 0 Å². The van der Waals surface area contributed by atoms with E-state index in [9.17, 15) is 20.0 Å². The maximum Gasteiger partial charge on any atom is 0.284 e. The fourth-order valence-electron chi connectivity index (χ4n) is 1.13. The normalized spacial score (nSPS) is 10.1. The Morgan fingerprint density at radius 2 is 2.12 bits per heavy atom. The minimum atomic E-state index is -1.09. The molecule has 0 bridgehead atoms. The van der Waals surface area contributed by atoms with Gasteiger partial charge in [-0.15, -0.1) is 0 Å². The predicted molar refractivity (Wildman–Crippen MR) is 61.2 cm³/mol. The fraction of sp³-hybridized carbons (Fsp3) is 0.300. The zero-order valence-corrected chi connectivity index (χ0v) is 9.74. The Balaban J connectivity index is 2.41. The topological polar surface area (TPSA) is 95.3 Å². The summed E-state index contributed by atoms with van der Waals surface area (Å²) in [4.78, 5) is 20.9. The molecule has 0 aliphatic rings. The van der Waals surface area contributed by atoms with Gasteiger partial charge in [-0.2, -0.15) is 0 Å². The fourth-order valence-corrected chi connectivity index (χ4v) is 1.92. The van der Waals surface area contributed by atoms with Gasteiger partial charge in [0.25, 0.3) is 5.69 Å². The number of rotatable bonds is 7. The third-order valence-corrected chi connectivity index (χ3v) is 2.82. The molecule has 0 unspecified atom stereocenters. The molecule has 6 nitrogen and oxygen atoms in total. The molecule has 0 heterocycles. The Kier molecular flexibility index (Phi) is 5.44. The van der Waals surface area contributed by atoms with E-state index in [0.717, 1.165) is 11.9 Å². The number of nitrogens with zero attached hydrogens (tertiary/aromatic N) is 1. The molecular formula is C10H11N2O4S-. The van der Waals surface area contributed by atoms with Crippen molar-refractivity contribution in [2.24, 2.45) is 0 Å². The van der Waals surface area contributed by atoms with Gasteiger partial charge in [0.1, 0.15) is 4.90 Å². The minimum absolute atomic E-state index is 0.0234. The first-order valence-corrected chi connectivity index (χ1v) is 5.76. The quantitative estimate of drug-likeness (QED) is 0.334. The summed E-state index contributed by atoms with van der Waals surface area (Å²) in [6.07, 6.45) is 0.403. The molecule has 7 heteroatoms. The van der Waals surface area contributed by atoms with Crippen LogP contribution >= 0.6 is 11.9 Å². The van der Waals surface area contributed by atoms with Gasteiger partial charge in [-0.05, 0) is 30.9 Å². The molecular weight excluding hydrogens is 244 g/mol. The average molecular weight is 255 g/mol. The number of carboxylic acids is 1. The molecule has 0 aliphatic carbocycles. The van der Waals surface area contributed by atoms with Gasteiger partial charge >= 0.3 is 0 Å². The van der Waals surface area contributed by atoms with Gasteiger partial charge in [0.2, 0.25) is 0 Å². The van der Waals surface area contributed by atoms with Crippen LogP contribution in [0.5, 0.6) is 0 Å². The van der Waals surface area contributed by atoms with Crippen molar-refractivity contribution in [3.8, 4) is 0 Å². The molecule has 92 valence electrons. The number of aliphatic carboxylic acids is 1. The number of nitro benzene ring substituents is 1. The second kappa shape index (κ2) is 6.87. The molecule has 1 N–H and O–H groups in total. The van der Waals surface area contributed by atoms with Crippen molar-refractivity contribution in [1.29, 1.82) is 0 Å². The first-order chi connectivity index (χ1) is 8.11. The summed E-state index contributed by atoms with van der Waals surface area (Å²) in [5.41, 5.74) is 0.0323. The predicted octanol–water partition coefficient (Wildman–Crippen LogP) is 0.722. The highest BCUT2D eigenvalue weighted by atomic mass is 32.2. The number of nitro groups is 1. The van der Waals surface area contributed by atoms with E-state index in [2.05, 4.69) is 4.72 Å². The van der Waals surface area contributed by atoms with Gasteiger partial charge in [0, 0.05) is 18.6 Å². The highest BCUT2D eigenvalue weighted by Crippen LogP contribution is 2.26. The van der Waals surface area contributed by atoms with Gasteiger partial charge in [-0.25, -0.2) is 0 Å². The average Bonchev–Trinajstić information content (AvgIpc) is 2.28. The number of benzene rings is 1. The van der Waals surface area contributed by atoms with Crippen LogP contribution in [0, 0.1) is 10.1 Å². The smallest absolute Gasteiger partial charge is 0.284 e. The maximum absolute atomic E-state index is 10.7. The monoisotopic (exact) mass is 255 g/mol. The maximum atomic E-state index is 10.7. The van der Waals surface area contributed by atoms with Crippen molar-refractivity contribution < 1.29 is 14.8 Å². The zero-order valence-electron chi connectivity index (χ0n) is 8.92. The summed E-state index contributed by atoms with van der Waals surface area (Å²) in [5.74, 6) is -1.09. The minimum Gasteiger partial charge on any atom is -0.550 e. The van der Waals surface area contributed by atoms with Gasteiger partial charge in [0.15, 0.2) is 0 Å². The first-order valence-electron chi connectivity index (χ1n) is 4.94. The number of carbonyl (C=O) groups excluding carboxylic acids is 1. The summed E-state index contributed by atoms with van der Waals surface area (Å²) in [7, 11) is 0. The number of para-hydroxylation sites is 1. The third kappa shape index (κ3) is 4.83. The molecule has 0 spiro atoms. The molecule has 0 saturated carbocycles. The Bertz CT molecular complexity index is 411. The molecule has 1 aromatic rings. The molecule has 17 heavy (non-hydrogen) atoms. The molecule has 0 saturated heterocycles. The SMILES string of the molecule is O=C([O-])CCCNSc1ccccc1[N+](=O)[O-]. The number of hydrogen-bond donors (Lipinski definition) is 1. The van der Waals surface area contributed by atoms with Crippen LogP contribution in [0.15, 0.2) is 29.2 Å². The van der Waals surface area contributed by atoms with E-state index in [0.29, 0.717) is 17.9 Å². The summed E-state index contributed by atoms with van der Waals surface area (Å²) >= 11 is 1.12. The number of carboxylic acid groups (broad SMARTS) is 1. The lowest BCUT2D eigenvalue weighted by Crippen LogP contribution is -2.22. The number of hydrogen-bond acceptors (Lipinski definition) is 6. The highest BCUT2D eigenvalue weighted by Gasteiger charge is 2.11. The van der Waals surface area contributed by atoms with Crippen LogP contribution in [0.1, 0.15) is 12.8 Å². The van der Waals surface area contributed by atoms with Gasteiger partial charge in [-0.3, -0.25) is 14.8 Å². The Morgan fingerprint density at radius 1 is 1.41 bits per heavy atom. The Labute approximate surface area is 102 Å². The molecule has 0 atom stereocenters. The van der Waals surface area contributed by atoms with Crippen molar-refractivity contribution in [1.82, 2.24) is 4.72 Å². The van der Waals surface area contributed by atoms with E-state index in [1.165, 1.54) is 6.07 Å². The van der Waals surface area contributed by atoms with Crippen molar-refractivity contribution in [3.05, 3.63) is 34.4 Å². The van der Waals surface area contributed by atoms with E-state index >= 15 is 0 Å².